The van der Waals surface area contributed by atoms with Gasteiger partial charge >= 0.3 is 12.5 Å². The second-order valence-electron chi connectivity index (χ2n) is 1.27. The number of rotatable bonds is 0. The monoisotopic (exact) mass is 165 g/mol. The molecule has 0 fully saturated rings. The topological polar surface area (TPSA) is 12.4 Å². The first-order chi connectivity index (χ1) is 4.21. The lowest BCUT2D eigenvalue weighted by Crippen LogP contribution is -2.13. The molecule has 0 amide bonds. The minimum atomic E-state index is -5.14. The highest BCUT2D eigenvalue weighted by Gasteiger charge is 2.31. The lowest BCUT2D eigenvalue weighted by molar-refractivity contribution is -0.123. The quantitative estimate of drug-likeness (QED) is 0.296. The van der Waals surface area contributed by atoms with Crippen molar-refractivity contribution in [3.8, 4) is 0 Å². The Hall–Kier alpha value is -0.750. The molecule has 0 aliphatic rings. The summed E-state index contributed by atoms with van der Waals surface area (Å²) >= 11 is 0. The second kappa shape index (κ2) is 2.47. The summed E-state index contributed by atoms with van der Waals surface area (Å²) in [5.74, 6) is 0. The maximum absolute atomic E-state index is 10.9. The summed E-state index contributed by atoms with van der Waals surface area (Å²) in [4.78, 5) is 1.28. The van der Waals surface area contributed by atoms with Gasteiger partial charge in [0.05, 0.1) is 0 Å². The molecule has 0 heterocycles. The molecule has 0 aliphatic heterocycles. The number of aliphatic imine (C=N–C) groups is 1. The number of hydrogen-bond donors (Lipinski definition) is 0. The highest BCUT2D eigenvalue weighted by Crippen LogP contribution is 2.18. The van der Waals surface area contributed by atoms with Crippen LogP contribution in [0.15, 0.2) is 4.99 Å². The summed E-state index contributed by atoms with van der Waals surface area (Å²) in [6.07, 6.45) is -11.3. The van der Waals surface area contributed by atoms with Crippen LogP contribution in [0.4, 0.5) is 26.3 Å². The lowest BCUT2D eigenvalue weighted by Gasteiger charge is -1.99. The Morgan fingerprint density at radius 1 is 0.900 bits per heavy atom. The highest BCUT2D eigenvalue weighted by molar-refractivity contribution is 5.64. The molecular formula is C3HF6N. The van der Waals surface area contributed by atoms with E-state index in [1.54, 1.807) is 0 Å². The van der Waals surface area contributed by atoms with E-state index in [2.05, 4.69) is 0 Å². The summed E-state index contributed by atoms with van der Waals surface area (Å²) in [5.41, 5.74) is 0. The highest BCUT2D eigenvalue weighted by atomic mass is 19.4. The normalized spacial score (nSPS) is 14.6. The lowest BCUT2D eigenvalue weighted by atomic mass is 10.7. The van der Waals surface area contributed by atoms with Gasteiger partial charge in [0.2, 0.25) is 0 Å². The maximum atomic E-state index is 10.9. The van der Waals surface area contributed by atoms with Crippen molar-refractivity contribution in [1.29, 1.82) is 0 Å². The molecule has 0 atom stereocenters. The number of halogens is 6. The van der Waals surface area contributed by atoms with Crippen molar-refractivity contribution in [3.05, 3.63) is 0 Å². The number of hydrogen-bond acceptors (Lipinski definition) is 1. The Kier molecular flexibility index (Phi) is 2.28. The molecule has 0 unspecified atom stereocenters. The van der Waals surface area contributed by atoms with E-state index in [-0.39, 0.29) is 0 Å². The molecule has 0 aromatic carbocycles. The van der Waals surface area contributed by atoms with Gasteiger partial charge in [-0.1, -0.05) is 0 Å². The van der Waals surface area contributed by atoms with Crippen LogP contribution in [0.5, 0.6) is 0 Å². The van der Waals surface area contributed by atoms with Gasteiger partial charge in [0.25, 0.3) is 0 Å². The van der Waals surface area contributed by atoms with Crippen molar-refractivity contribution in [2.45, 2.75) is 12.5 Å². The third kappa shape index (κ3) is 7.25. The Bertz CT molecular complexity index is 113. The van der Waals surface area contributed by atoms with Gasteiger partial charge in [0, 0.05) is 0 Å². The van der Waals surface area contributed by atoms with Crippen LogP contribution in [0, 0.1) is 0 Å². The fourth-order valence-corrected chi connectivity index (χ4v) is 0.146. The van der Waals surface area contributed by atoms with Crippen LogP contribution >= 0.6 is 0 Å². The van der Waals surface area contributed by atoms with E-state index in [4.69, 9.17) is 0 Å². The molecule has 0 aromatic rings. The molecule has 1 nitrogen and oxygen atoms in total. The Balaban J connectivity index is 4.01. The molecule has 0 aliphatic carbocycles. The van der Waals surface area contributed by atoms with Crippen LogP contribution < -0.4 is 0 Å². The molecule has 0 spiro atoms. The molecular weight excluding hydrogens is 164 g/mol. The van der Waals surface area contributed by atoms with Crippen LogP contribution in [-0.4, -0.2) is 18.7 Å². The molecule has 7 heteroatoms. The smallest absolute Gasteiger partial charge is 0.188 e. The van der Waals surface area contributed by atoms with Gasteiger partial charge in [-0.3, -0.25) is 0 Å². The predicted octanol–water partition coefficient (Wildman–Crippen LogP) is 2.14. The first-order valence-corrected chi connectivity index (χ1v) is 1.90. The Morgan fingerprint density at radius 2 is 1.30 bits per heavy atom. The number of alkyl halides is 6. The van der Waals surface area contributed by atoms with Gasteiger partial charge in [0.15, 0.2) is 0 Å². The van der Waals surface area contributed by atoms with E-state index in [0.29, 0.717) is 0 Å². The van der Waals surface area contributed by atoms with Crippen LogP contribution in [0.25, 0.3) is 0 Å². The van der Waals surface area contributed by atoms with Crippen molar-refractivity contribution >= 4 is 6.21 Å². The largest absolute Gasteiger partial charge is 0.503 e. The van der Waals surface area contributed by atoms with E-state index in [9.17, 15) is 26.3 Å². The van der Waals surface area contributed by atoms with E-state index in [1.165, 1.54) is 4.99 Å². The minimum absolute atomic E-state index is 1.10. The van der Waals surface area contributed by atoms with Crippen molar-refractivity contribution in [2.24, 2.45) is 4.99 Å². The molecule has 0 aromatic heterocycles. The molecule has 0 bridgehead atoms. The predicted molar refractivity (Wildman–Crippen MR) is 20.6 cm³/mol. The molecule has 0 N–H and O–H groups in total. The summed E-state index contributed by atoms with van der Waals surface area (Å²) in [6, 6.07) is 0. The van der Waals surface area contributed by atoms with Crippen molar-refractivity contribution in [2.75, 3.05) is 0 Å². The minimum Gasteiger partial charge on any atom is -0.188 e. The second-order valence-corrected chi connectivity index (χ2v) is 1.27. The molecule has 60 valence electrons. The van der Waals surface area contributed by atoms with Crippen LogP contribution in [-0.2, 0) is 0 Å². The van der Waals surface area contributed by atoms with Gasteiger partial charge in [-0.05, 0) is 0 Å². The van der Waals surface area contributed by atoms with Gasteiger partial charge in [-0.25, -0.2) is 0 Å². The van der Waals surface area contributed by atoms with Crippen molar-refractivity contribution in [1.82, 2.24) is 0 Å². The molecule has 10 heavy (non-hydrogen) atoms. The molecule has 0 saturated heterocycles. The zero-order chi connectivity index (χ0) is 8.41. The molecule has 0 rings (SSSR count). The average Bonchev–Trinajstić information content (AvgIpc) is 1.57. The first-order valence-electron chi connectivity index (χ1n) is 1.90. The maximum Gasteiger partial charge on any atom is 0.503 e. The average molecular weight is 165 g/mol. The van der Waals surface area contributed by atoms with Gasteiger partial charge in [-0.15, -0.1) is 13.2 Å². The summed E-state index contributed by atoms with van der Waals surface area (Å²) < 4.78 is 65.5. The zero-order valence-electron chi connectivity index (χ0n) is 4.29. The van der Waals surface area contributed by atoms with Crippen LogP contribution in [0.1, 0.15) is 0 Å². The van der Waals surface area contributed by atoms with Gasteiger partial charge in [-0.2, -0.15) is 18.2 Å². The molecule has 0 saturated carbocycles. The summed E-state index contributed by atoms with van der Waals surface area (Å²) in [6.45, 7) is 0. The third-order valence-corrected chi connectivity index (χ3v) is 0.357. The summed E-state index contributed by atoms with van der Waals surface area (Å²) in [7, 11) is 0. The third-order valence-electron chi connectivity index (χ3n) is 0.357. The zero-order valence-corrected chi connectivity index (χ0v) is 4.29. The standard InChI is InChI=1S/C3HF6N/c4-2(5,6)1-10-3(7,8)9/h1H. The Morgan fingerprint density at radius 3 is 1.40 bits per heavy atom. The van der Waals surface area contributed by atoms with Crippen molar-refractivity contribution < 1.29 is 26.3 Å². The fraction of sp³-hybridized carbons (Fsp3) is 0.667. The SMILES string of the molecule is FC(F)(F)C=NC(F)(F)F. The van der Waals surface area contributed by atoms with E-state index >= 15 is 0 Å². The van der Waals surface area contributed by atoms with Crippen LogP contribution in [0.2, 0.25) is 0 Å². The van der Waals surface area contributed by atoms with E-state index < -0.39 is 18.7 Å². The fourth-order valence-electron chi connectivity index (χ4n) is 0.146. The van der Waals surface area contributed by atoms with Gasteiger partial charge < -0.3 is 0 Å². The number of nitrogens with zero attached hydrogens (tertiary/aromatic N) is 1. The van der Waals surface area contributed by atoms with Gasteiger partial charge in [0.1, 0.15) is 6.21 Å². The van der Waals surface area contributed by atoms with Crippen LogP contribution in [0.3, 0.4) is 0 Å². The first kappa shape index (κ1) is 9.25. The molecule has 0 radical (unpaired) electrons. The van der Waals surface area contributed by atoms with E-state index in [0.717, 1.165) is 0 Å². The van der Waals surface area contributed by atoms with Crippen molar-refractivity contribution in [3.63, 3.8) is 0 Å². The van der Waals surface area contributed by atoms with E-state index in [1.807, 2.05) is 0 Å². The summed E-state index contributed by atoms with van der Waals surface area (Å²) in [5, 5.41) is 0. The Labute approximate surface area is 51.4 Å².